The smallest absolute Gasteiger partial charge is 0.369 e. The molecule has 0 radical (unpaired) electrons. The molecule has 0 aromatic rings. The summed E-state index contributed by atoms with van der Waals surface area (Å²) in [4.78, 5) is 0. The highest BCUT2D eigenvalue weighted by Gasteiger charge is 2.31. The fraction of sp³-hybridized carbons (Fsp3) is 1.00. The monoisotopic (exact) mass is 267 g/mol. The minimum atomic E-state index is -4.21. The second-order valence-electron chi connectivity index (χ2n) is 5.07. The molecule has 1 rings (SSSR count). The second-order valence-corrected chi connectivity index (χ2v) is 5.07. The maximum atomic E-state index is 12.1. The fourth-order valence-electron chi connectivity index (χ4n) is 2.38. The summed E-state index contributed by atoms with van der Waals surface area (Å²) in [7, 11) is 0. The molecule has 0 aromatic carbocycles. The zero-order valence-corrected chi connectivity index (χ0v) is 11.1. The number of alkyl halides is 3. The number of hydrogen-bond donors (Lipinski definition) is 1. The average molecular weight is 267 g/mol. The van der Waals surface area contributed by atoms with Gasteiger partial charge in [-0.25, -0.2) is 0 Å². The summed E-state index contributed by atoms with van der Waals surface area (Å²) >= 11 is 0. The lowest BCUT2D eigenvalue weighted by molar-refractivity contribution is -0.188. The fourth-order valence-corrected chi connectivity index (χ4v) is 2.38. The van der Waals surface area contributed by atoms with E-state index in [0.29, 0.717) is 12.5 Å². The molecule has 0 saturated heterocycles. The van der Waals surface area contributed by atoms with E-state index in [1.54, 1.807) is 0 Å². The molecule has 0 aliphatic heterocycles. The van der Waals surface area contributed by atoms with Crippen molar-refractivity contribution in [3.8, 4) is 0 Å². The van der Waals surface area contributed by atoms with Crippen molar-refractivity contribution in [2.24, 2.45) is 0 Å². The van der Waals surface area contributed by atoms with Crippen LogP contribution in [-0.4, -0.2) is 31.5 Å². The quantitative estimate of drug-likeness (QED) is 0.711. The molecule has 1 aliphatic rings. The van der Waals surface area contributed by atoms with E-state index in [1.807, 2.05) is 0 Å². The highest BCUT2D eigenvalue weighted by atomic mass is 19.4. The Morgan fingerprint density at radius 2 is 2.00 bits per heavy atom. The van der Waals surface area contributed by atoms with Crippen LogP contribution in [0.4, 0.5) is 13.2 Å². The molecule has 2 atom stereocenters. The van der Waals surface area contributed by atoms with Gasteiger partial charge in [0.15, 0.2) is 0 Å². The van der Waals surface area contributed by atoms with Crippen LogP contribution in [0.25, 0.3) is 0 Å². The van der Waals surface area contributed by atoms with E-state index in [0.717, 1.165) is 32.2 Å². The van der Waals surface area contributed by atoms with Crippen LogP contribution in [0.5, 0.6) is 0 Å². The molecule has 0 aromatic heterocycles. The molecule has 1 fully saturated rings. The number of halogens is 3. The van der Waals surface area contributed by atoms with Gasteiger partial charge in [-0.3, -0.25) is 0 Å². The summed E-state index contributed by atoms with van der Waals surface area (Å²) in [5.41, 5.74) is 0. The molecule has 1 saturated carbocycles. The van der Waals surface area contributed by atoms with E-state index in [-0.39, 0.29) is 6.10 Å². The van der Waals surface area contributed by atoms with Crippen LogP contribution >= 0.6 is 0 Å². The van der Waals surface area contributed by atoms with Crippen LogP contribution in [0.15, 0.2) is 0 Å². The number of nitrogens with one attached hydrogen (secondary N) is 1. The maximum absolute atomic E-state index is 12.1. The van der Waals surface area contributed by atoms with Crippen molar-refractivity contribution in [2.75, 3.05) is 13.2 Å². The molecule has 2 nitrogen and oxygen atoms in total. The topological polar surface area (TPSA) is 21.3 Å². The molecule has 18 heavy (non-hydrogen) atoms. The van der Waals surface area contributed by atoms with Gasteiger partial charge in [-0.1, -0.05) is 19.8 Å². The van der Waals surface area contributed by atoms with E-state index < -0.39 is 12.8 Å². The van der Waals surface area contributed by atoms with Crippen molar-refractivity contribution < 1.29 is 17.9 Å². The average Bonchev–Trinajstić information content (AvgIpc) is 2.32. The van der Waals surface area contributed by atoms with Gasteiger partial charge in [-0.15, -0.1) is 0 Å². The first-order chi connectivity index (χ1) is 8.51. The summed E-state index contributed by atoms with van der Waals surface area (Å²) < 4.78 is 41.1. The third-order valence-electron chi connectivity index (χ3n) is 3.32. The van der Waals surface area contributed by atoms with Gasteiger partial charge >= 0.3 is 6.18 Å². The molecular weight excluding hydrogens is 243 g/mol. The third kappa shape index (κ3) is 7.21. The summed E-state index contributed by atoms with van der Waals surface area (Å²) in [5.74, 6) is 0. The third-order valence-corrected chi connectivity index (χ3v) is 3.32. The summed E-state index contributed by atoms with van der Waals surface area (Å²) in [6.45, 7) is 2.01. The van der Waals surface area contributed by atoms with Crippen LogP contribution < -0.4 is 5.32 Å². The first-order valence-corrected chi connectivity index (χ1v) is 6.93. The van der Waals surface area contributed by atoms with Gasteiger partial charge in [-0.2, -0.15) is 13.2 Å². The summed E-state index contributed by atoms with van der Waals surface area (Å²) in [6, 6.07) is 0.328. The Bertz CT molecular complexity index is 221. The summed E-state index contributed by atoms with van der Waals surface area (Å²) in [6.07, 6.45) is 2.56. The summed E-state index contributed by atoms with van der Waals surface area (Å²) in [5, 5.41) is 3.42. The highest BCUT2D eigenvalue weighted by molar-refractivity contribution is 4.78. The Kier molecular flexibility index (Phi) is 7.00. The Labute approximate surface area is 107 Å². The van der Waals surface area contributed by atoms with E-state index in [2.05, 4.69) is 12.2 Å². The van der Waals surface area contributed by atoms with Crippen molar-refractivity contribution in [1.29, 1.82) is 0 Å². The Hall–Kier alpha value is -0.290. The van der Waals surface area contributed by atoms with E-state index in [4.69, 9.17) is 4.74 Å². The number of ether oxygens (including phenoxy) is 1. The predicted octanol–water partition coefficient (Wildman–Crippen LogP) is 3.66. The zero-order chi connectivity index (χ0) is 13.4. The van der Waals surface area contributed by atoms with E-state index in [1.165, 1.54) is 12.8 Å². The van der Waals surface area contributed by atoms with Gasteiger partial charge in [-0.05, 0) is 38.6 Å². The first-order valence-electron chi connectivity index (χ1n) is 6.93. The number of unbranched alkanes of at least 4 members (excludes halogenated alkanes) is 2. The molecular formula is C13H24F3NO. The van der Waals surface area contributed by atoms with Gasteiger partial charge in [0.05, 0.1) is 6.10 Å². The van der Waals surface area contributed by atoms with Crippen molar-refractivity contribution in [1.82, 2.24) is 5.32 Å². The largest absolute Gasteiger partial charge is 0.411 e. The van der Waals surface area contributed by atoms with Gasteiger partial charge in [0.25, 0.3) is 0 Å². The first kappa shape index (κ1) is 15.8. The predicted molar refractivity (Wildman–Crippen MR) is 65.6 cm³/mol. The van der Waals surface area contributed by atoms with Crippen molar-refractivity contribution >= 4 is 0 Å². The molecule has 5 heteroatoms. The Morgan fingerprint density at radius 1 is 1.22 bits per heavy atom. The van der Waals surface area contributed by atoms with Crippen LogP contribution in [0, 0.1) is 0 Å². The van der Waals surface area contributed by atoms with Gasteiger partial charge in [0.2, 0.25) is 0 Å². The van der Waals surface area contributed by atoms with Crippen molar-refractivity contribution in [3.63, 3.8) is 0 Å². The van der Waals surface area contributed by atoms with Gasteiger partial charge in [0, 0.05) is 6.04 Å². The lowest BCUT2D eigenvalue weighted by atomic mass is 9.92. The molecule has 0 bridgehead atoms. The van der Waals surface area contributed by atoms with Gasteiger partial charge in [0.1, 0.15) is 6.61 Å². The number of hydrogen-bond acceptors (Lipinski definition) is 2. The minimum absolute atomic E-state index is 0.232. The van der Waals surface area contributed by atoms with E-state index in [9.17, 15) is 13.2 Å². The normalized spacial score (nSPS) is 25.3. The molecule has 1 N–H and O–H groups in total. The second kappa shape index (κ2) is 8.00. The molecule has 2 unspecified atom stereocenters. The van der Waals surface area contributed by atoms with Crippen molar-refractivity contribution in [3.05, 3.63) is 0 Å². The molecule has 1 aliphatic carbocycles. The Morgan fingerprint density at radius 3 is 2.67 bits per heavy atom. The van der Waals surface area contributed by atoms with Crippen LogP contribution in [0.1, 0.15) is 51.9 Å². The van der Waals surface area contributed by atoms with Gasteiger partial charge < -0.3 is 10.1 Å². The lowest BCUT2D eigenvalue weighted by Crippen LogP contribution is -2.38. The van der Waals surface area contributed by atoms with Crippen LogP contribution in [0.3, 0.4) is 0 Å². The highest BCUT2D eigenvalue weighted by Crippen LogP contribution is 2.24. The SMILES string of the molecule is CCCCCNC1CCCC(OCC(F)(F)F)C1. The maximum Gasteiger partial charge on any atom is 0.411 e. The minimum Gasteiger partial charge on any atom is -0.369 e. The van der Waals surface area contributed by atoms with Crippen molar-refractivity contribution in [2.45, 2.75) is 70.2 Å². The standard InChI is InChI=1S/C13H24F3NO/c1-2-3-4-8-17-11-6-5-7-12(9-11)18-10-13(14,15)16/h11-12,17H,2-10H2,1H3. The molecule has 108 valence electrons. The van der Waals surface area contributed by atoms with Crippen LogP contribution in [-0.2, 0) is 4.74 Å². The van der Waals surface area contributed by atoms with E-state index >= 15 is 0 Å². The number of rotatable bonds is 7. The Balaban J connectivity index is 2.15. The molecule has 0 heterocycles. The lowest BCUT2D eigenvalue weighted by Gasteiger charge is -2.30. The van der Waals surface area contributed by atoms with Crippen LogP contribution in [0.2, 0.25) is 0 Å². The molecule has 0 amide bonds. The zero-order valence-electron chi connectivity index (χ0n) is 11.1. The molecule has 0 spiro atoms.